The first kappa shape index (κ1) is 23.7. The van der Waals surface area contributed by atoms with Gasteiger partial charge < -0.3 is 0 Å². The van der Waals surface area contributed by atoms with Gasteiger partial charge in [-0.3, -0.25) is 0 Å². The van der Waals surface area contributed by atoms with Gasteiger partial charge in [0.15, 0.2) is 0 Å². The van der Waals surface area contributed by atoms with Gasteiger partial charge in [-0.05, 0) is 0 Å². The van der Waals surface area contributed by atoms with Crippen molar-refractivity contribution >= 4 is 46.3 Å². The molecule has 1 aliphatic heterocycles. The van der Waals surface area contributed by atoms with Crippen LogP contribution in [0.5, 0.6) is 0 Å². The number of aryl methyl sites for hydroxylation is 2. The van der Waals surface area contributed by atoms with E-state index in [0.717, 1.165) is 6.42 Å². The first-order chi connectivity index (χ1) is 16.9. The van der Waals surface area contributed by atoms with E-state index in [-0.39, 0.29) is 3.63 Å². The second-order valence-corrected chi connectivity index (χ2v) is 25.7. The zero-order valence-corrected chi connectivity index (χ0v) is 25.7. The predicted octanol–water partition coefficient (Wildman–Crippen LogP) is 6.57. The summed E-state index contributed by atoms with van der Waals surface area (Å²) >= 11 is -3.87. The second-order valence-electron chi connectivity index (χ2n) is 9.88. The Morgan fingerprint density at radius 3 is 2.31 bits per heavy atom. The summed E-state index contributed by atoms with van der Waals surface area (Å²) in [5.41, 5.74) is 12.1. The van der Waals surface area contributed by atoms with Crippen molar-refractivity contribution in [1.82, 2.24) is 0 Å². The van der Waals surface area contributed by atoms with Crippen LogP contribution in [0, 0.1) is 6.92 Å². The Morgan fingerprint density at radius 1 is 0.800 bits per heavy atom. The molecule has 0 nitrogen and oxygen atoms in total. The Kier molecular flexibility index (Phi) is 6.09. The van der Waals surface area contributed by atoms with Crippen LogP contribution in [0.4, 0.5) is 0 Å². The van der Waals surface area contributed by atoms with Gasteiger partial charge in [0.25, 0.3) is 0 Å². The normalized spacial score (nSPS) is 16.7. The van der Waals surface area contributed by atoms with Gasteiger partial charge >= 0.3 is 224 Å². The van der Waals surface area contributed by atoms with E-state index in [0.29, 0.717) is 0 Å². The van der Waals surface area contributed by atoms with Gasteiger partial charge in [0, 0.05) is 0 Å². The molecule has 0 amide bonds. The van der Waals surface area contributed by atoms with Crippen molar-refractivity contribution in [2.75, 3.05) is 0 Å². The first-order valence-electron chi connectivity index (χ1n) is 12.4. The molecule has 4 aromatic carbocycles. The maximum atomic E-state index is 7.67. The van der Waals surface area contributed by atoms with E-state index in [1.54, 1.807) is 0 Å². The summed E-state index contributed by atoms with van der Waals surface area (Å²) < 4.78 is 1.42. The third-order valence-corrected chi connectivity index (χ3v) is 22.4. The molecule has 1 atom stereocenters. The molecule has 1 heterocycles. The van der Waals surface area contributed by atoms with Crippen molar-refractivity contribution in [3.63, 3.8) is 0 Å². The molecular formula is C31H28Cl2SiZr. The van der Waals surface area contributed by atoms with E-state index in [1.165, 1.54) is 63.7 Å². The van der Waals surface area contributed by atoms with Crippen LogP contribution in [0.3, 0.4) is 0 Å². The van der Waals surface area contributed by atoms with Crippen molar-refractivity contribution in [2.24, 2.45) is 0 Å². The Hall–Kier alpha value is -1.70. The van der Waals surface area contributed by atoms with Gasteiger partial charge in [0.2, 0.25) is 0 Å². The zero-order valence-electron chi connectivity index (χ0n) is 20.3. The second kappa shape index (κ2) is 9.00. The standard InChI is InChI=1S/C19H19.C12H9Si.2ClH.Zr/c1-4-15-7-5-6-8-17(15)19-14(3)9-10-16-11-13(2)12-18(16)19;1-3-7-11-9(5-1)10-6-2-4-8-12(10)13-11;;;/h5-12H,4H2,1-3H3;1-7H,13H2;2*1H;/q;;;;+2/p-2. The van der Waals surface area contributed by atoms with E-state index in [2.05, 4.69) is 106 Å². The molecule has 0 spiro atoms. The van der Waals surface area contributed by atoms with E-state index >= 15 is 0 Å². The molecule has 1 aliphatic carbocycles. The van der Waals surface area contributed by atoms with Crippen LogP contribution in [0.25, 0.3) is 28.3 Å². The van der Waals surface area contributed by atoms with Crippen molar-refractivity contribution < 1.29 is 17.9 Å². The Balaban J connectivity index is 1.51. The molecule has 0 saturated carbocycles. The maximum absolute atomic E-state index is 7.67. The minimum absolute atomic E-state index is 0.125. The monoisotopic (exact) mass is 588 g/mol. The van der Waals surface area contributed by atoms with E-state index in [1.807, 2.05) is 0 Å². The molecule has 35 heavy (non-hydrogen) atoms. The molecule has 0 saturated heterocycles. The van der Waals surface area contributed by atoms with Crippen molar-refractivity contribution in [3.05, 3.63) is 107 Å². The fourth-order valence-corrected chi connectivity index (χ4v) is 23.4. The van der Waals surface area contributed by atoms with Crippen LogP contribution in [0.1, 0.15) is 39.7 Å². The number of hydrogen-bond acceptors (Lipinski definition) is 0. The van der Waals surface area contributed by atoms with Crippen LogP contribution in [-0.4, -0.2) is 9.52 Å². The first-order valence-corrected chi connectivity index (χ1v) is 22.8. The van der Waals surface area contributed by atoms with E-state index in [9.17, 15) is 0 Å². The van der Waals surface area contributed by atoms with Gasteiger partial charge in [-0.1, -0.05) is 0 Å². The minimum atomic E-state index is -3.87. The third kappa shape index (κ3) is 3.72. The third-order valence-electron chi connectivity index (χ3n) is 7.87. The topological polar surface area (TPSA) is 0 Å². The van der Waals surface area contributed by atoms with Gasteiger partial charge in [-0.15, -0.1) is 0 Å². The average Bonchev–Trinajstić information content (AvgIpc) is 3.41. The van der Waals surface area contributed by atoms with Crippen LogP contribution in [-0.2, 0) is 24.3 Å². The Morgan fingerprint density at radius 2 is 1.51 bits per heavy atom. The molecule has 0 fully saturated rings. The summed E-state index contributed by atoms with van der Waals surface area (Å²) in [6.45, 7) is 6.70. The van der Waals surface area contributed by atoms with Crippen LogP contribution >= 0.6 is 17.0 Å². The number of benzene rings is 4. The molecule has 0 radical (unpaired) electrons. The predicted molar refractivity (Wildman–Crippen MR) is 153 cm³/mol. The summed E-state index contributed by atoms with van der Waals surface area (Å²) in [5, 5.41) is 3.00. The molecule has 174 valence electrons. The van der Waals surface area contributed by atoms with Gasteiger partial charge in [0.1, 0.15) is 0 Å². The Labute approximate surface area is 222 Å². The Bertz CT molecular complexity index is 1520. The molecule has 4 heteroatoms. The molecule has 0 aromatic heterocycles. The molecular weight excluding hydrogens is 563 g/mol. The van der Waals surface area contributed by atoms with Crippen LogP contribution < -0.4 is 13.6 Å². The summed E-state index contributed by atoms with van der Waals surface area (Å²) in [5.74, 6) is 0. The van der Waals surface area contributed by atoms with Crippen LogP contribution in [0.15, 0.2) is 84.4 Å². The molecule has 2 aliphatic rings. The summed E-state index contributed by atoms with van der Waals surface area (Å²) in [6.07, 6.45) is 3.39. The summed E-state index contributed by atoms with van der Waals surface area (Å²) in [4.78, 5) is 0. The average molecular weight is 591 g/mol. The summed E-state index contributed by atoms with van der Waals surface area (Å²) in [6, 6.07) is 28.9. The number of fused-ring (bicyclic) bond motifs is 4. The van der Waals surface area contributed by atoms with Gasteiger partial charge in [-0.25, -0.2) is 0 Å². The fraction of sp³-hybridized carbons (Fsp3) is 0.161. The SMILES string of the molecule is CCc1ccccc1-c1c(C)ccc2c1C=C(C)[CH]2[Zr]([Cl])([Cl])[c]1cccc2c1[SiH2]c1ccccc1-2. The fourth-order valence-electron chi connectivity index (χ4n) is 6.24. The zero-order chi connectivity index (χ0) is 24.3. The van der Waals surface area contributed by atoms with E-state index < -0.39 is 27.4 Å². The van der Waals surface area contributed by atoms with Gasteiger partial charge in [0.05, 0.1) is 0 Å². The molecule has 4 aromatic rings. The number of halogens is 2. The van der Waals surface area contributed by atoms with Crippen LogP contribution in [0.2, 0.25) is 0 Å². The molecule has 1 unspecified atom stereocenters. The number of hydrogen-bond donors (Lipinski definition) is 0. The quantitative estimate of drug-likeness (QED) is 0.208. The number of rotatable bonds is 4. The van der Waals surface area contributed by atoms with Gasteiger partial charge in [-0.2, -0.15) is 0 Å². The van der Waals surface area contributed by atoms with Crippen molar-refractivity contribution in [3.8, 4) is 22.3 Å². The molecule has 0 bridgehead atoms. The van der Waals surface area contributed by atoms with Crippen molar-refractivity contribution in [1.29, 1.82) is 0 Å². The number of allylic oxidation sites excluding steroid dienone is 1. The molecule has 0 N–H and O–H groups in total. The van der Waals surface area contributed by atoms with E-state index in [4.69, 9.17) is 17.0 Å². The molecule has 6 rings (SSSR count). The summed E-state index contributed by atoms with van der Waals surface area (Å²) in [7, 11) is 14.8. The van der Waals surface area contributed by atoms with Crippen molar-refractivity contribution in [2.45, 2.75) is 30.8 Å².